The summed E-state index contributed by atoms with van der Waals surface area (Å²) in [4.78, 5) is 0. The van der Waals surface area contributed by atoms with Crippen LogP contribution < -0.4 is 10.1 Å². The average molecular weight is 237 g/mol. The van der Waals surface area contributed by atoms with Crippen LogP contribution >= 0.6 is 0 Å². The summed E-state index contributed by atoms with van der Waals surface area (Å²) in [5.74, 6) is 0.900. The number of hydrogen-bond donors (Lipinski definition) is 1. The molecule has 3 heteroatoms. The fourth-order valence-corrected chi connectivity index (χ4v) is 1.47. The van der Waals surface area contributed by atoms with Gasteiger partial charge in [-0.1, -0.05) is 25.5 Å². The predicted molar refractivity (Wildman–Crippen MR) is 70.4 cm³/mol. The van der Waals surface area contributed by atoms with Gasteiger partial charge in [0.05, 0.1) is 13.7 Å². The van der Waals surface area contributed by atoms with Crippen molar-refractivity contribution < 1.29 is 9.47 Å². The molecular formula is C14H23NO2. The number of ether oxygens (including phenoxy) is 2. The number of methoxy groups -OCH3 is 1. The van der Waals surface area contributed by atoms with Crippen molar-refractivity contribution in [2.75, 3.05) is 26.9 Å². The van der Waals surface area contributed by atoms with E-state index in [9.17, 15) is 0 Å². The van der Waals surface area contributed by atoms with Crippen LogP contribution in [0.5, 0.6) is 5.75 Å². The maximum absolute atomic E-state index is 5.47. The van der Waals surface area contributed by atoms with Crippen LogP contribution in [0.4, 0.5) is 0 Å². The smallest absolute Gasteiger partial charge is 0.118 e. The quantitative estimate of drug-likeness (QED) is 0.670. The third-order valence-electron chi connectivity index (χ3n) is 2.55. The minimum absolute atomic E-state index is 0.788. The van der Waals surface area contributed by atoms with E-state index in [4.69, 9.17) is 9.47 Å². The van der Waals surface area contributed by atoms with Gasteiger partial charge in [0.25, 0.3) is 0 Å². The zero-order chi connectivity index (χ0) is 12.3. The zero-order valence-electron chi connectivity index (χ0n) is 10.9. The third-order valence-corrected chi connectivity index (χ3v) is 2.55. The van der Waals surface area contributed by atoms with E-state index in [0.29, 0.717) is 0 Å². The van der Waals surface area contributed by atoms with E-state index >= 15 is 0 Å². The fraction of sp³-hybridized carbons (Fsp3) is 0.571. The van der Waals surface area contributed by atoms with Crippen LogP contribution in [0.2, 0.25) is 0 Å². The number of unbranched alkanes of at least 4 members (excludes halogenated alkanes) is 1. The molecule has 1 N–H and O–H groups in total. The summed E-state index contributed by atoms with van der Waals surface area (Å²) in [6.07, 6.45) is 2.34. The van der Waals surface area contributed by atoms with E-state index < -0.39 is 0 Å². The van der Waals surface area contributed by atoms with Crippen molar-refractivity contribution in [1.29, 1.82) is 0 Å². The van der Waals surface area contributed by atoms with Crippen LogP contribution in [0.15, 0.2) is 24.3 Å². The Labute approximate surface area is 104 Å². The fourth-order valence-electron chi connectivity index (χ4n) is 1.47. The van der Waals surface area contributed by atoms with Crippen molar-refractivity contribution in [3.8, 4) is 5.75 Å². The molecule has 0 aliphatic carbocycles. The first kappa shape index (κ1) is 14.0. The van der Waals surface area contributed by atoms with Crippen molar-refractivity contribution in [3.63, 3.8) is 0 Å². The van der Waals surface area contributed by atoms with Crippen molar-refractivity contribution in [3.05, 3.63) is 29.8 Å². The summed E-state index contributed by atoms with van der Waals surface area (Å²) in [6.45, 7) is 5.61. The monoisotopic (exact) mass is 237 g/mol. The summed E-state index contributed by atoms with van der Waals surface area (Å²) < 4.78 is 10.6. The Bertz CT molecular complexity index is 285. The molecule has 17 heavy (non-hydrogen) atoms. The molecule has 0 atom stereocenters. The Kier molecular flexibility index (Phi) is 7.43. The second-order valence-electron chi connectivity index (χ2n) is 3.99. The van der Waals surface area contributed by atoms with Crippen LogP contribution in [0, 0.1) is 0 Å². The molecule has 0 spiro atoms. The molecule has 0 aliphatic heterocycles. The summed E-state index contributed by atoms with van der Waals surface area (Å²) in [5, 5.41) is 3.35. The molecule has 0 fully saturated rings. The van der Waals surface area contributed by atoms with Gasteiger partial charge in [0, 0.05) is 19.7 Å². The Balaban J connectivity index is 2.05. The molecule has 1 aromatic rings. The number of nitrogens with one attached hydrogen (secondary N) is 1. The molecule has 1 aromatic carbocycles. The van der Waals surface area contributed by atoms with E-state index in [0.717, 1.165) is 38.5 Å². The molecule has 0 aromatic heterocycles. The lowest BCUT2D eigenvalue weighted by Gasteiger charge is -2.06. The van der Waals surface area contributed by atoms with Gasteiger partial charge in [-0.25, -0.2) is 0 Å². The summed E-state index contributed by atoms with van der Waals surface area (Å²) >= 11 is 0. The van der Waals surface area contributed by atoms with Gasteiger partial charge in [-0.05, 0) is 24.1 Å². The van der Waals surface area contributed by atoms with Crippen LogP contribution in [0.3, 0.4) is 0 Å². The lowest BCUT2D eigenvalue weighted by Crippen LogP contribution is -2.19. The molecule has 0 radical (unpaired) electrons. The zero-order valence-corrected chi connectivity index (χ0v) is 10.9. The molecular weight excluding hydrogens is 214 g/mol. The van der Waals surface area contributed by atoms with E-state index in [1.807, 2.05) is 12.1 Å². The van der Waals surface area contributed by atoms with E-state index in [1.165, 1.54) is 12.0 Å². The molecule has 0 saturated carbocycles. The highest BCUT2D eigenvalue weighted by Gasteiger charge is 1.94. The highest BCUT2D eigenvalue weighted by Crippen LogP contribution is 2.10. The highest BCUT2D eigenvalue weighted by atomic mass is 16.5. The molecule has 3 nitrogen and oxygen atoms in total. The standard InChI is InChI=1S/C14H23NO2/c1-3-4-10-17-11-9-15-12-13-5-7-14(16-2)8-6-13/h5-8,15H,3-4,9-12H2,1-2H3. The van der Waals surface area contributed by atoms with Crippen molar-refractivity contribution in [1.82, 2.24) is 5.32 Å². The van der Waals surface area contributed by atoms with Crippen LogP contribution in [-0.4, -0.2) is 26.9 Å². The number of hydrogen-bond acceptors (Lipinski definition) is 3. The van der Waals surface area contributed by atoms with Gasteiger partial charge in [-0.2, -0.15) is 0 Å². The average Bonchev–Trinajstić information content (AvgIpc) is 2.38. The van der Waals surface area contributed by atoms with Crippen LogP contribution in [0.25, 0.3) is 0 Å². The largest absolute Gasteiger partial charge is 0.497 e. The van der Waals surface area contributed by atoms with Gasteiger partial charge in [-0.3, -0.25) is 0 Å². The minimum atomic E-state index is 0.788. The summed E-state index contributed by atoms with van der Waals surface area (Å²) in [7, 11) is 1.68. The second-order valence-corrected chi connectivity index (χ2v) is 3.99. The van der Waals surface area contributed by atoms with Gasteiger partial charge < -0.3 is 14.8 Å². The van der Waals surface area contributed by atoms with Gasteiger partial charge in [0.15, 0.2) is 0 Å². The molecule has 0 aliphatic rings. The van der Waals surface area contributed by atoms with Crippen molar-refractivity contribution in [2.24, 2.45) is 0 Å². The first-order chi connectivity index (χ1) is 8.36. The van der Waals surface area contributed by atoms with Crippen molar-refractivity contribution in [2.45, 2.75) is 26.3 Å². The highest BCUT2D eigenvalue weighted by molar-refractivity contribution is 5.26. The van der Waals surface area contributed by atoms with E-state index in [1.54, 1.807) is 7.11 Å². The lowest BCUT2D eigenvalue weighted by atomic mass is 10.2. The second kappa shape index (κ2) is 9.02. The van der Waals surface area contributed by atoms with Crippen molar-refractivity contribution >= 4 is 0 Å². The minimum Gasteiger partial charge on any atom is -0.497 e. The SMILES string of the molecule is CCCCOCCNCc1ccc(OC)cc1. The molecule has 0 amide bonds. The van der Waals surface area contributed by atoms with Crippen LogP contribution in [-0.2, 0) is 11.3 Å². The van der Waals surface area contributed by atoms with E-state index in [2.05, 4.69) is 24.4 Å². The lowest BCUT2D eigenvalue weighted by molar-refractivity contribution is 0.133. The predicted octanol–water partition coefficient (Wildman–Crippen LogP) is 2.60. The Morgan fingerprint density at radius 2 is 1.88 bits per heavy atom. The number of benzene rings is 1. The van der Waals surface area contributed by atoms with Gasteiger partial charge in [0.1, 0.15) is 5.75 Å². The van der Waals surface area contributed by atoms with Gasteiger partial charge >= 0.3 is 0 Å². The molecule has 0 unspecified atom stereocenters. The molecule has 96 valence electrons. The maximum atomic E-state index is 5.47. The first-order valence-corrected chi connectivity index (χ1v) is 6.28. The molecule has 0 saturated heterocycles. The first-order valence-electron chi connectivity index (χ1n) is 6.28. The number of rotatable bonds is 9. The van der Waals surface area contributed by atoms with E-state index in [-0.39, 0.29) is 0 Å². The summed E-state index contributed by atoms with van der Waals surface area (Å²) in [5.41, 5.74) is 1.26. The molecule has 1 rings (SSSR count). The maximum Gasteiger partial charge on any atom is 0.118 e. The third kappa shape index (κ3) is 6.29. The molecule has 0 heterocycles. The summed E-state index contributed by atoms with van der Waals surface area (Å²) in [6, 6.07) is 8.11. The Morgan fingerprint density at radius 1 is 1.12 bits per heavy atom. The Morgan fingerprint density at radius 3 is 2.53 bits per heavy atom. The Hall–Kier alpha value is -1.06. The normalized spacial score (nSPS) is 10.5. The van der Waals surface area contributed by atoms with Crippen LogP contribution in [0.1, 0.15) is 25.3 Å². The van der Waals surface area contributed by atoms with Gasteiger partial charge in [0.2, 0.25) is 0 Å². The topological polar surface area (TPSA) is 30.5 Å². The molecule has 0 bridgehead atoms. The van der Waals surface area contributed by atoms with Gasteiger partial charge in [-0.15, -0.1) is 0 Å².